The van der Waals surface area contributed by atoms with E-state index in [2.05, 4.69) is 0 Å². The molecule has 0 spiro atoms. The topological polar surface area (TPSA) is 17.1 Å². The molecule has 0 unspecified atom stereocenters. The molecule has 1 heterocycles. The van der Waals surface area contributed by atoms with Gasteiger partial charge in [0.2, 0.25) is 0 Å². The van der Waals surface area contributed by atoms with Crippen LogP contribution in [0.2, 0.25) is 0 Å². The van der Waals surface area contributed by atoms with Gasteiger partial charge in [0.05, 0.1) is 0 Å². The highest BCUT2D eigenvalue weighted by molar-refractivity contribution is 7.08. The predicted molar refractivity (Wildman–Crippen MR) is 63.6 cm³/mol. The number of hydrogen-bond donors (Lipinski definition) is 0. The van der Waals surface area contributed by atoms with Crippen LogP contribution < -0.4 is 0 Å². The van der Waals surface area contributed by atoms with Crippen molar-refractivity contribution in [1.29, 1.82) is 0 Å². The third-order valence-corrected chi connectivity index (χ3v) is 3.41. The molecule has 2 rings (SSSR count). The molecule has 3 heteroatoms. The summed E-state index contributed by atoms with van der Waals surface area (Å²) in [5.41, 5.74) is 2.86. The average Bonchev–Trinajstić information content (AvgIpc) is 2.67. The summed E-state index contributed by atoms with van der Waals surface area (Å²) in [5.74, 6) is -0.474. The SMILES string of the molecule is Cc1cscc1C(=O)c1cc(F)ccc1C. The molecule has 1 nitrogen and oxygen atoms in total. The van der Waals surface area contributed by atoms with Gasteiger partial charge in [0.25, 0.3) is 0 Å². The van der Waals surface area contributed by atoms with E-state index in [0.717, 1.165) is 11.1 Å². The third kappa shape index (κ3) is 1.91. The van der Waals surface area contributed by atoms with Crippen LogP contribution in [0.25, 0.3) is 0 Å². The molecule has 0 fully saturated rings. The van der Waals surface area contributed by atoms with Gasteiger partial charge in [-0.3, -0.25) is 4.79 Å². The van der Waals surface area contributed by atoms with Gasteiger partial charge in [-0.1, -0.05) is 6.07 Å². The monoisotopic (exact) mass is 234 g/mol. The Morgan fingerprint density at radius 2 is 1.88 bits per heavy atom. The quantitative estimate of drug-likeness (QED) is 0.723. The van der Waals surface area contributed by atoms with Crippen LogP contribution in [0.3, 0.4) is 0 Å². The summed E-state index contributed by atoms with van der Waals surface area (Å²) < 4.78 is 13.1. The maximum Gasteiger partial charge on any atom is 0.194 e. The van der Waals surface area contributed by atoms with Crippen LogP contribution in [0.4, 0.5) is 4.39 Å². The molecule has 0 atom stereocenters. The van der Waals surface area contributed by atoms with Crippen molar-refractivity contribution in [2.45, 2.75) is 13.8 Å². The summed E-state index contributed by atoms with van der Waals surface area (Å²) in [6, 6.07) is 4.30. The first kappa shape index (κ1) is 11.0. The highest BCUT2D eigenvalue weighted by atomic mass is 32.1. The molecule has 0 saturated carbocycles. The second kappa shape index (κ2) is 4.18. The standard InChI is InChI=1S/C13H11FOS/c1-8-3-4-10(14)5-11(8)13(15)12-7-16-6-9(12)2/h3-7H,1-2H3. The Kier molecular flexibility index (Phi) is 2.88. The van der Waals surface area contributed by atoms with Crippen LogP contribution in [0, 0.1) is 19.7 Å². The average molecular weight is 234 g/mol. The van der Waals surface area contributed by atoms with Crippen molar-refractivity contribution in [3.63, 3.8) is 0 Å². The van der Waals surface area contributed by atoms with E-state index in [9.17, 15) is 9.18 Å². The number of thiophene rings is 1. The smallest absolute Gasteiger partial charge is 0.194 e. The number of hydrogen-bond acceptors (Lipinski definition) is 2. The van der Waals surface area contributed by atoms with Crippen molar-refractivity contribution in [1.82, 2.24) is 0 Å². The fraction of sp³-hybridized carbons (Fsp3) is 0.154. The van der Waals surface area contributed by atoms with Crippen LogP contribution in [0.15, 0.2) is 29.0 Å². The summed E-state index contributed by atoms with van der Waals surface area (Å²) in [7, 11) is 0. The van der Waals surface area contributed by atoms with Gasteiger partial charge in [-0.05, 0) is 42.5 Å². The van der Waals surface area contributed by atoms with E-state index in [-0.39, 0.29) is 11.6 Å². The second-order valence-corrected chi connectivity index (χ2v) is 4.50. The molecule has 0 saturated heterocycles. The first-order valence-corrected chi connectivity index (χ1v) is 5.87. The Morgan fingerprint density at radius 1 is 1.12 bits per heavy atom. The number of ketones is 1. The molecule has 1 aromatic heterocycles. The maximum absolute atomic E-state index is 13.1. The maximum atomic E-state index is 13.1. The Morgan fingerprint density at radius 3 is 2.50 bits per heavy atom. The van der Waals surface area contributed by atoms with Crippen molar-refractivity contribution in [2.75, 3.05) is 0 Å². The third-order valence-electron chi connectivity index (χ3n) is 2.54. The van der Waals surface area contributed by atoms with E-state index >= 15 is 0 Å². The van der Waals surface area contributed by atoms with Crippen molar-refractivity contribution < 1.29 is 9.18 Å². The Labute approximate surface area is 97.6 Å². The van der Waals surface area contributed by atoms with Gasteiger partial charge in [0.15, 0.2) is 5.78 Å². The van der Waals surface area contributed by atoms with E-state index in [0.29, 0.717) is 11.1 Å². The summed E-state index contributed by atoms with van der Waals surface area (Å²) in [6.45, 7) is 3.70. The van der Waals surface area contributed by atoms with Gasteiger partial charge in [0, 0.05) is 16.5 Å². The molecule has 2 aromatic rings. The van der Waals surface area contributed by atoms with Gasteiger partial charge >= 0.3 is 0 Å². The molecular formula is C13H11FOS. The fourth-order valence-corrected chi connectivity index (χ4v) is 2.41. The molecule has 0 aliphatic carbocycles. The molecule has 0 N–H and O–H groups in total. The Balaban J connectivity index is 2.49. The molecule has 1 aromatic carbocycles. The number of aryl methyl sites for hydroxylation is 2. The van der Waals surface area contributed by atoms with E-state index in [1.165, 1.54) is 23.5 Å². The zero-order chi connectivity index (χ0) is 11.7. The van der Waals surface area contributed by atoms with Crippen LogP contribution in [0.5, 0.6) is 0 Å². The fourth-order valence-electron chi connectivity index (χ4n) is 1.58. The first-order chi connectivity index (χ1) is 7.59. The minimum Gasteiger partial charge on any atom is -0.289 e. The summed E-state index contributed by atoms with van der Waals surface area (Å²) in [4.78, 5) is 12.1. The highest BCUT2D eigenvalue weighted by Crippen LogP contribution is 2.20. The molecule has 0 radical (unpaired) electrons. The van der Waals surface area contributed by atoms with Crippen molar-refractivity contribution in [3.8, 4) is 0 Å². The van der Waals surface area contributed by atoms with E-state index in [1.54, 1.807) is 6.07 Å². The van der Waals surface area contributed by atoms with Crippen LogP contribution >= 0.6 is 11.3 Å². The first-order valence-electron chi connectivity index (χ1n) is 4.93. The number of halogens is 1. The van der Waals surface area contributed by atoms with Crippen LogP contribution in [-0.4, -0.2) is 5.78 Å². The number of benzene rings is 1. The molecule has 0 amide bonds. The van der Waals surface area contributed by atoms with Crippen molar-refractivity contribution in [2.24, 2.45) is 0 Å². The number of carbonyl (C=O) groups is 1. The summed E-state index contributed by atoms with van der Waals surface area (Å²) in [6.07, 6.45) is 0. The van der Waals surface area contributed by atoms with Crippen LogP contribution in [0.1, 0.15) is 27.0 Å². The van der Waals surface area contributed by atoms with E-state index in [1.807, 2.05) is 24.6 Å². The lowest BCUT2D eigenvalue weighted by atomic mass is 9.99. The van der Waals surface area contributed by atoms with Crippen molar-refractivity contribution in [3.05, 3.63) is 57.0 Å². The van der Waals surface area contributed by atoms with Crippen molar-refractivity contribution >= 4 is 17.1 Å². The highest BCUT2D eigenvalue weighted by Gasteiger charge is 2.15. The minimum atomic E-state index is -0.373. The zero-order valence-corrected chi connectivity index (χ0v) is 9.90. The molecule has 0 bridgehead atoms. The lowest BCUT2D eigenvalue weighted by Crippen LogP contribution is -2.04. The summed E-state index contributed by atoms with van der Waals surface area (Å²) >= 11 is 1.48. The molecule has 0 aliphatic heterocycles. The largest absolute Gasteiger partial charge is 0.289 e. The number of rotatable bonds is 2. The Hall–Kier alpha value is -1.48. The Bertz CT molecular complexity index is 543. The van der Waals surface area contributed by atoms with Gasteiger partial charge < -0.3 is 0 Å². The van der Waals surface area contributed by atoms with E-state index in [4.69, 9.17) is 0 Å². The molecule has 82 valence electrons. The lowest BCUT2D eigenvalue weighted by Gasteiger charge is -2.04. The molecule has 0 aliphatic rings. The normalized spacial score (nSPS) is 10.4. The zero-order valence-electron chi connectivity index (χ0n) is 9.08. The van der Waals surface area contributed by atoms with E-state index < -0.39 is 0 Å². The summed E-state index contributed by atoms with van der Waals surface area (Å²) in [5, 5.41) is 3.73. The number of carbonyl (C=O) groups excluding carboxylic acids is 1. The van der Waals surface area contributed by atoms with Gasteiger partial charge in [0.1, 0.15) is 5.82 Å². The van der Waals surface area contributed by atoms with Gasteiger partial charge in [-0.25, -0.2) is 4.39 Å². The molecular weight excluding hydrogens is 223 g/mol. The van der Waals surface area contributed by atoms with Gasteiger partial charge in [-0.15, -0.1) is 0 Å². The molecule has 16 heavy (non-hydrogen) atoms. The van der Waals surface area contributed by atoms with Crippen LogP contribution in [-0.2, 0) is 0 Å². The second-order valence-electron chi connectivity index (χ2n) is 3.76. The van der Waals surface area contributed by atoms with Gasteiger partial charge in [-0.2, -0.15) is 11.3 Å². The lowest BCUT2D eigenvalue weighted by molar-refractivity contribution is 0.103. The predicted octanol–water partition coefficient (Wildman–Crippen LogP) is 3.74. The minimum absolute atomic E-state index is 0.101.